The van der Waals surface area contributed by atoms with Gasteiger partial charge in [-0.25, -0.2) is 4.39 Å². The van der Waals surface area contributed by atoms with E-state index in [2.05, 4.69) is 21.2 Å². The first kappa shape index (κ1) is 18.9. The topological polar surface area (TPSA) is 81.5 Å². The van der Waals surface area contributed by atoms with Crippen molar-refractivity contribution in [1.82, 2.24) is 5.32 Å². The van der Waals surface area contributed by atoms with E-state index in [1.807, 2.05) is 31.2 Å². The zero-order chi connectivity index (χ0) is 18.4. The molecule has 2 rings (SSSR count). The van der Waals surface area contributed by atoms with Gasteiger partial charge in [-0.1, -0.05) is 35.0 Å². The minimum atomic E-state index is -0.691. The molecule has 0 bridgehead atoms. The van der Waals surface area contributed by atoms with Crippen LogP contribution in [0.4, 0.5) is 10.1 Å². The molecule has 6 nitrogen and oxygen atoms in total. The lowest BCUT2D eigenvalue weighted by Gasteiger charge is -2.17. The fraction of sp³-hybridized carbons (Fsp3) is 0.235. The number of rotatable bonds is 7. The number of nitrogens with one attached hydrogen (secondary N) is 1. The molecule has 0 saturated heterocycles. The fourth-order valence-corrected chi connectivity index (χ4v) is 2.51. The third-order valence-electron chi connectivity index (χ3n) is 3.49. The average Bonchev–Trinajstić information content (AvgIpc) is 2.58. The van der Waals surface area contributed by atoms with Crippen LogP contribution in [0.25, 0.3) is 0 Å². The summed E-state index contributed by atoms with van der Waals surface area (Å²) in [4.78, 5) is 22.3. The second kappa shape index (κ2) is 8.57. The molecule has 0 saturated carbocycles. The Bertz CT molecular complexity index is 768. The Kier molecular flexibility index (Phi) is 6.46. The first-order chi connectivity index (χ1) is 11.9. The number of amides is 1. The SMILES string of the molecule is CC[C@@H](NC(=O)COc1cc(F)ccc1[N+](=O)[O-])c1ccc(Br)cc1. The molecule has 0 aromatic heterocycles. The summed E-state index contributed by atoms with van der Waals surface area (Å²) < 4.78 is 19.3. The predicted octanol–water partition coefficient (Wildman–Crippen LogP) is 4.14. The highest BCUT2D eigenvalue weighted by Crippen LogP contribution is 2.27. The molecule has 0 aliphatic carbocycles. The van der Waals surface area contributed by atoms with Crippen molar-refractivity contribution in [3.05, 3.63) is 68.4 Å². The summed E-state index contributed by atoms with van der Waals surface area (Å²) in [5, 5.41) is 13.7. The van der Waals surface area contributed by atoms with Gasteiger partial charge in [0.1, 0.15) is 5.82 Å². The molecule has 0 aliphatic rings. The highest BCUT2D eigenvalue weighted by molar-refractivity contribution is 9.10. The van der Waals surface area contributed by atoms with Gasteiger partial charge in [0, 0.05) is 16.6 Å². The monoisotopic (exact) mass is 410 g/mol. The molecule has 1 amide bonds. The van der Waals surface area contributed by atoms with Gasteiger partial charge in [-0.15, -0.1) is 0 Å². The Hall–Kier alpha value is -2.48. The largest absolute Gasteiger partial charge is 0.477 e. The van der Waals surface area contributed by atoms with Crippen molar-refractivity contribution in [1.29, 1.82) is 0 Å². The summed E-state index contributed by atoms with van der Waals surface area (Å²) >= 11 is 3.35. The molecule has 0 aliphatic heterocycles. The maximum absolute atomic E-state index is 13.2. The molecule has 0 unspecified atom stereocenters. The number of ether oxygens (including phenoxy) is 1. The van der Waals surface area contributed by atoms with Crippen LogP contribution < -0.4 is 10.1 Å². The molecular weight excluding hydrogens is 395 g/mol. The second-order valence-electron chi connectivity index (χ2n) is 5.24. The molecule has 1 atom stereocenters. The highest BCUT2D eigenvalue weighted by atomic mass is 79.9. The zero-order valence-electron chi connectivity index (χ0n) is 13.4. The van der Waals surface area contributed by atoms with E-state index < -0.39 is 28.9 Å². The number of hydrogen-bond donors (Lipinski definition) is 1. The Labute approximate surface area is 152 Å². The Morgan fingerprint density at radius 3 is 2.60 bits per heavy atom. The van der Waals surface area contributed by atoms with Gasteiger partial charge in [-0.2, -0.15) is 0 Å². The smallest absolute Gasteiger partial charge is 0.311 e. The fourth-order valence-electron chi connectivity index (χ4n) is 2.25. The van der Waals surface area contributed by atoms with E-state index in [-0.39, 0.29) is 11.8 Å². The highest BCUT2D eigenvalue weighted by Gasteiger charge is 2.18. The first-order valence-electron chi connectivity index (χ1n) is 7.52. The van der Waals surface area contributed by atoms with Crippen molar-refractivity contribution in [3.8, 4) is 5.75 Å². The Balaban J connectivity index is 2.01. The lowest BCUT2D eigenvalue weighted by atomic mass is 10.0. The van der Waals surface area contributed by atoms with E-state index in [1.165, 1.54) is 0 Å². The van der Waals surface area contributed by atoms with Gasteiger partial charge < -0.3 is 10.1 Å². The molecule has 2 aromatic carbocycles. The average molecular weight is 411 g/mol. The minimum Gasteiger partial charge on any atom is -0.477 e. The van der Waals surface area contributed by atoms with Crippen molar-refractivity contribution in [2.45, 2.75) is 19.4 Å². The molecule has 25 heavy (non-hydrogen) atoms. The molecule has 0 spiro atoms. The number of carbonyl (C=O) groups is 1. The van der Waals surface area contributed by atoms with Crippen LogP contribution >= 0.6 is 15.9 Å². The number of halogens is 2. The lowest BCUT2D eigenvalue weighted by molar-refractivity contribution is -0.385. The van der Waals surface area contributed by atoms with Crippen LogP contribution in [0.15, 0.2) is 46.9 Å². The molecule has 0 fully saturated rings. The third-order valence-corrected chi connectivity index (χ3v) is 4.02. The van der Waals surface area contributed by atoms with Crippen LogP contribution in [0, 0.1) is 15.9 Å². The van der Waals surface area contributed by atoms with Gasteiger partial charge >= 0.3 is 5.69 Å². The van der Waals surface area contributed by atoms with Gasteiger partial charge in [0.15, 0.2) is 6.61 Å². The molecule has 1 N–H and O–H groups in total. The molecule has 0 heterocycles. The molecule has 0 radical (unpaired) electrons. The molecule has 8 heteroatoms. The van der Waals surface area contributed by atoms with Crippen LogP contribution in [0.3, 0.4) is 0 Å². The van der Waals surface area contributed by atoms with Gasteiger partial charge in [-0.3, -0.25) is 14.9 Å². The Morgan fingerprint density at radius 2 is 2.00 bits per heavy atom. The van der Waals surface area contributed by atoms with Crippen LogP contribution in [-0.4, -0.2) is 17.4 Å². The van der Waals surface area contributed by atoms with Crippen LogP contribution in [0.1, 0.15) is 24.9 Å². The van der Waals surface area contributed by atoms with Crippen LogP contribution in [-0.2, 0) is 4.79 Å². The number of hydrogen-bond acceptors (Lipinski definition) is 4. The maximum atomic E-state index is 13.2. The summed E-state index contributed by atoms with van der Waals surface area (Å²) in [7, 11) is 0. The van der Waals surface area contributed by atoms with Crippen molar-refractivity contribution in [3.63, 3.8) is 0 Å². The summed E-state index contributed by atoms with van der Waals surface area (Å²) in [5.41, 5.74) is 0.532. The first-order valence-corrected chi connectivity index (χ1v) is 8.31. The number of nitro benzene ring substituents is 1. The van der Waals surface area contributed by atoms with Gasteiger partial charge in [0.05, 0.1) is 11.0 Å². The standard InChI is InChI=1S/C17H16BrFN2O4/c1-2-14(11-3-5-12(18)6-4-11)20-17(22)10-25-16-9-13(19)7-8-15(16)21(23)24/h3-9,14H,2,10H2,1H3,(H,20,22)/t14-/m1/s1. The van der Waals surface area contributed by atoms with Crippen LogP contribution in [0.2, 0.25) is 0 Å². The zero-order valence-corrected chi connectivity index (χ0v) is 15.0. The normalized spacial score (nSPS) is 11.6. The van der Waals surface area contributed by atoms with Gasteiger partial charge in [0.25, 0.3) is 5.91 Å². The molecular formula is C17H16BrFN2O4. The van der Waals surface area contributed by atoms with Crippen molar-refractivity contribution >= 4 is 27.5 Å². The van der Waals surface area contributed by atoms with Crippen molar-refractivity contribution in [2.75, 3.05) is 6.61 Å². The van der Waals surface area contributed by atoms with Gasteiger partial charge in [-0.05, 0) is 30.2 Å². The van der Waals surface area contributed by atoms with E-state index >= 15 is 0 Å². The van der Waals surface area contributed by atoms with Crippen molar-refractivity contribution in [2.24, 2.45) is 0 Å². The van der Waals surface area contributed by atoms with Crippen molar-refractivity contribution < 1.29 is 18.8 Å². The minimum absolute atomic E-state index is 0.216. The molecule has 2 aromatic rings. The predicted molar refractivity (Wildman–Crippen MR) is 93.9 cm³/mol. The van der Waals surface area contributed by atoms with E-state index in [1.54, 1.807) is 0 Å². The van der Waals surface area contributed by atoms with E-state index in [0.29, 0.717) is 6.42 Å². The van der Waals surface area contributed by atoms with Crippen LogP contribution in [0.5, 0.6) is 5.75 Å². The lowest BCUT2D eigenvalue weighted by Crippen LogP contribution is -2.32. The van der Waals surface area contributed by atoms with Gasteiger partial charge in [0.2, 0.25) is 5.75 Å². The summed E-state index contributed by atoms with van der Waals surface area (Å²) in [5.74, 6) is -1.41. The molecule has 132 valence electrons. The summed E-state index contributed by atoms with van der Waals surface area (Å²) in [6, 6.07) is 10.1. The third kappa shape index (κ3) is 5.25. The van der Waals surface area contributed by atoms with E-state index in [9.17, 15) is 19.3 Å². The number of carbonyl (C=O) groups excluding carboxylic acids is 1. The Morgan fingerprint density at radius 1 is 1.32 bits per heavy atom. The maximum Gasteiger partial charge on any atom is 0.311 e. The number of nitro groups is 1. The summed E-state index contributed by atoms with van der Waals surface area (Å²) in [6.45, 7) is 1.47. The van der Waals surface area contributed by atoms with E-state index in [0.717, 1.165) is 28.2 Å². The van der Waals surface area contributed by atoms with E-state index in [4.69, 9.17) is 4.74 Å². The number of nitrogens with zero attached hydrogens (tertiary/aromatic N) is 1. The quantitative estimate of drug-likeness (QED) is 0.549. The number of benzene rings is 2. The second-order valence-corrected chi connectivity index (χ2v) is 6.15. The summed E-state index contributed by atoms with van der Waals surface area (Å²) in [6.07, 6.45) is 0.660.